The summed E-state index contributed by atoms with van der Waals surface area (Å²) in [5.74, 6) is 0. The van der Waals surface area contributed by atoms with Crippen LogP contribution in [0.15, 0.2) is 18.7 Å². The molecule has 0 aromatic carbocycles. The first-order valence-corrected chi connectivity index (χ1v) is 1.92. The van der Waals surface area contributed by atoms with E-state index in [1.807, 2.05) is 12.4 Å². The van der Waals surface area contributed by atoms with Crippen LogP contribution in [-0.4, -0.2) is 11.1 Å². The van der Waals surface area contributed by atoms with Crippen LogP contribution in [0, 0.1) is 0 Å². The summed E-state index contributed by atoms with van der Waals surface area (Å²) in [4.78, 5) is 13.8. The second-order valence-electron chi connectivity index (χ2n) is 0.902. The molecule has 1 aromatic rings. The standard InChI is InChI=1S/C3H4N2.CNO/c1-2-5-3-4-1;2-1-3/h1-3H,(H,4,5);/q;-1/p+1. The minimum atomic E-state index is 0.500. The van der Waals surface area contributed by atoms with E-state index in [1.54, 1.807) is 6.33 Å². The van der Waals surface area contributed by atoms with Gasteiger partial charge in [-0.2, -0.15) is 0 Å². The third-order valence-corrected chi connectivity index (χ3v) is 0.442. The van der Waals surface area contributed by atoms with Gasteiger partial charge in [-0.3, -0.25) is 14.8 Å². The summed E-state index contributed by atoms with van der Waals surface area (Å²) >= 11 is 0. The van der Waals surface area contributed by atoms with Crippen molar-refractivity contribution in [1.29, 1.82) is 0 Å². The maximum atomic E-state index is 8.24. The van der Waals surface area contributed by atoms with Crippen LogP contribution in [0.2, 0.25) is 0 Å². The molecule has 2 N–H and O–H groups in total. The molecular weight excluding hydrogens is 106 g/mol. The number of imidazole rings is 1. The Kier molecular flexibility index (Phi) is 4.60. The Bertz CT molecular complexity index is 123. The van der Waals surface area contributed by atoms with Gasteiger partial charge in [0.05, 0.1) is 0 Å². The van der Waals surface area contributed by atoms with Gasteiger partial charge in [0.15, 0.2) is 0 Å². The quantitative estimate of drug-likeness (QED) is 0.363. The highest BCUT2D eigenvalue weighted by atomic mass is 16.1. The number of nitrogens with zero attached hydrogens (tertiary/aromatic N) is 1. The van der Waals surface area contributed by atoms with E-state index in [4.69, 9.17) is 10.2 Å². The van der Waals surface area contributed by atoms with Crippen molar-refractivity contribution < 1.29 is 9.78 Å². The SMILES string of the molecule is [N-]=C=O.c1c[nH+]c[nH]1. The molecule has 0 aliphatic heterocycles. The molecule has 42 valence electrons. The van der Waals surface area contributed by atoms with E-state index < -0.39 is 0 Å². The number of hydrogen-bond donors (Lipinski definition) is 1. The van der Waals surface area contributed by atoms with Crippen LogP contribution in [-0.2, 0) is 4.79 Å². The van der Waals surface area contributed by atoms with Crippen molar-refractivity contribution in [3.8, 4) is 0 Å². The topological polar surface area (TPSA) is 69.3 Å². The average Bonchev–Trinajstić information content (AvgIpc) is 2.17. The lowest BCUT2D eigenvalue weighted by Gasteiger charge is -1.37. The van der Waals surface area contributed by atoms with E-state index in [-0.39, 0.29) is 0 Å². The Hall–Kier alpha value is -1.41. The number of carbonyl (C=O) groups excluding carboxylic acids is 1. The van der Waals surface area contributed by atoms with E-state index in [1.165, 1.54) is 0 Å². The van der Waals surface area contributed by atoms with Crippen molar-refractivity contribution in [2.24, 2.45) is 0 Å². The third-order valence-electron chi connectivity index (χ3n) is 0.442. The van der Waals surface area contributed by atoms with Crippen molar-refractivity contribution in [2.75, 3.05) is 0 Å². The molecule has 0 fully saturated rings. The molecule has 0 saturated heterocycles. The van der Waals surface area contributed by atoms with Gasteiger partial charge in [0, 0.05) is 0 Å². The largest absolute Gasteiger partial charge is 0.724 e. The van der Waals surface area contributed by atoms with Crippen molar-refractivity contribution in [3.63, 3.8) is 0 Å². The third kappa shape index (κ3) is 4.59. The Morgan fingerprint density at radius 1 is 1.75 bits per heavy atom. The summed E-state index contributed by atoms with van der Waals surface area (Å²) < 4.78 is 0. The van der Waals surface area contributed by atoms with Crippen molar-refractivity contribution in [1.82, 2.24) is 4.98 Å². The van der Waals surface area contributed by atoms with Gasteiger partial charge in [0.2, 0.25) is 6.33 Å². The van der Waals surface area contributed by atoms with Gasteiger partial charge in [-0.25, -0.2) is 0 Å². The Morgan fingerprint density at radius 3 is 2.50 bits per heavy atom. The van der Waals surface area contributed by atoms with Crippen LogP contribution in [0.3, 0.4) is 0 Å². The molecule has 0 bridgehead atoms. The van der Waals surface area contributed by atoms with Crippen molar-refractivity contribution in [2.45, 2.75) is 0 Å². The predicted molar refractivity (Wildman–Crippen MR) is 26.4 cm³/mol. The summed E-state index contributed by atoms with van der Waals surface area (Å²) in [6.45, 7) is 0. The minimum Gasteiger partial charge on any atom is -0.724 e. The lowest BCUT2D eigenvalue weighted by molar-refractivity contribution is -0.375. The van der Waals surface area contributed by atoms with Crippen molar-refractivity contribution in [3.05, 3.63) is 24.1 Å². The Labute approximate surface area is 46.1 Å². The number of aromatic nitrogens is 2. The molecule has 0 atom stereocenters. The average molecular weight is 111 g/mol. The summed E-state index contributed by atoms with van der Waals surface area (Å²) in [5.41, 5.74) is 0. The van der Waals surface area contributed by atoms with Crippen LogP contribution in [0.5, 0.6) is 0 Å². The zero-order valence-electron chi connectivity index (χ0n) is 4.09. The molecule has 0 amide bonds. The first-order chi connectivity index (χ1) is 3.91. The summed E-state index contributed by atoms with van der Waals surface area (Å²) in [6, 6.07) is 0. The molecule has 8 heavy (non-hydrogen) atoms. The highest BCUT2D eigenvalue weighted by Gasteiger charge is 1.65. The fourth-order valence-electron chi connectivity index (χ4n) is 0.241. The zero-order valence-corrected chi connectivity index (χ0v) is 4.09. The van der Waals surface area contributed by atoms with Crippen LogP contribution < -0.4 is 4.98 Å². The number of hydrogen-bond acceptors (Lipinski definition) is 1. The summed E-state index contributed by atoms with van der Waals surface area (Å²) in [6.07, 6.45) is 5.89. The minimum absolute atomic E-state index is 0.500. The van der Waals surface area contributed by atoms with E-state index in [2.05, 4.69) is 9.97 Å². The Morgan fingerprint density at radius 2 is 2.38 bits per heavy atom. The molecular formula is C4H5N3O. The number of nitrogens with one attached hydrogen (secondary N) is 2. The van der Waals surface area contributed by atoms with E-state index in [9.17, 15) is 0 Å². The van der Waals surface area contributed by atoms with Gasteiger partial charge in [-0.05, 0) is 6.08 Å². The summed E-state index contributed by atoms with van der Waals surface area (Å²) in [5, 5.41) is 6.76. The molecule has 0 radical (unpaired) electrons. The van der Waals surface area contributed by atoms with E-state index in [0.717, 1.165) is 0 Å². The van der Waals surface area contributed by atoms with Gasteiger partial charge in [-0.15, -0.1) is 0 Å². The molecule has 1 aromatic heterocycles. The molecule has 0 aliphatic carbocycles. The highest BCUT2D eigenvalue weighted by Crippen LogP contribution is 1.53. The molecule has 0 saturated carbocycles. The van der Waals surface area contributed by atoms with Crippen LogP contribution in [0.25, 0.3) is 5.41 Å². The number of H-pyrrole nitrogens is 2. The smallest absolute Gasteiger partial charge is 0.239 e. The number of isocyanates is 1. The number of aromatic amines is 2. The maximum Gasteiger partial charge on any atom is 0.239 e. The van der Waals surface area contributed by atoms with Gasteiger partial charge >= 0.3 is 0 Å². The monoisotopic (exact) mass is 111 g/mol. The molecule has 4 heteroatoms. The van der Waals surface area contributed by atoms with Gasteiger partial charge in [0.25, 0.3) is 0 Å². The Balaban J connectivity index is 0.000000145. The number of rotatable bonds is 0. The zero-order chi connectivity index (χ0) is 6.24. The van der Waals surface area contributed by atoms with Crippen LogP contribution in [0.4, 0.5) is 0 Å². The molecule has 0 aliphatic rings. The molecule has 1 rings (SSSR count). The fraction of sp³-hybridized carbons (Fsp3) is 0. The molecule has 0 unspecified atom stereocenters. The lowest BCUT2D eigenvalue weighted by atomic mass is 11.0. The van der Waals surface area contributed by atoms with Gasteiger partial charge < -0.3 is 5.41 Å². The fourth-order valence-corrected chi connectivity index (χ4v) is 0.241. The maximum absolute atomic E-state index is 8.24. The molecule has 1 heterocycles. The second-order valence-corrected chi connectivity index (χ2v) is 0.902. The highest BCUT2D eigenvalue weighted by molar-refractivity contribution is 5.36. The van der Waals surface area contributed by atoms with E-state index in [0.29, 0.717) is 6.08 Å². The van der Waals surface area contributed by atoms with Gasteiger partial charge in [0.1, 0.15) is 12.4 Å². The first-order valence-electron chi connectivity index (χ1n) is 1.92. The summed E-state index contributed by atoms with van der Waals surface area (Å²) in [7, 11) is 0. The molecule has 0 spiro atoms. The van der Waals surface area contributed by atoms with Crippen LogP contribution in [0.1, 0.15) is 0 Å². The lowest BCUT2D eigenvalue weighted by Crippen LogP contribution is -1.87. The van der Waals surface area contributed by atoms with Crippen LogP contribution >= 0.6 is 0 Å². The van der Waals surface area contributed by atoms with E-state index >= 15 is 0 Å². The van der Waals surface area contributed by atoms with Crippen molar-refractivity contribution >= 4 is 6.08 Å². The second kappa shape index (κ2) is 5.59. The normalized spacial score (nSPS) is 6.00. The first kappa shape index (κ1) is 6.59. The molecule has 4 nitrogen and oxygen atoms in total. The van der Waals surface area contributed by atoms with Gasteiger partial charge in [-0.1, -0.05) is 0 Å². The predicted octanol–water partition coefficient (Wildman–Crippen LogP) is -0.280.